The zero-order valence-corrected chi connectivity index (χ0v) is 9.61. The maximum Gasteiger partial charge on any atom is 0.214 e. The first-order chi connectivity index (χ1) is 6.67. The van der Waals surface area contributed by atoms with Crippen molar-refractivity contribution in [2.24, 2.45) is 0 Å². The van der Waals surface area contributed by atoms with Gasteiger partial charge in [0.15, 0.2) is 0 Å². The molecule has 0 spiro atoms. The fourth-order valence-corrected chi connectivity index (χ4v) is 2.57. The molecule has 0 aromatic heterocycles. The molecule has 0 amide bonds. The van der Waals surface area contributed by atoms with E-state index in [0.29, 0.717) is 32.1 Å². The standard InChI is InChI=1S/C8H16ClNO3S/c9-4-7-13-6-1-5-10-14(11,12)8-2-3-8/h8,10H,1-7H2. The van der Waals surface area contributed by atoms with Crippen LogP contribution in [0.5, 0.6) is 0 Å². The minimum absolute atomic E-state index is 0.133. The van der Waals surface area contributed by atoms with Crippen LogP contribution in [0.15, 0.2) is 0 Å². The second-order valence-electron chi connectivity index (χ2n) is 3.29. The van der Waals surface area contributed by atoms with Crippen molar-refractivity contribution in [2.75, 3.05) is 25.6 Å². The van der Waals surface area contributed by atoms with E-state index in [1.54, 1.807) is 0 Å². The van der Waals surface area contributed by atoms with Gasteiger partial charge in [0.2, 0.25) is 10.0 Å². The van der Waals surface area contributed by atoms with Crippen molar-refractivity contribution in [3.8, 4) is 0 Å². The summed E-state index contributed by atoms with van der Waals surface area (Å²) in [6.07, 6.45) is 2.30. The molecule has 0 atom stereocenters. The Labute approximate surface area is 90.0 Å². The SMILES string of the molecule is O=S(=O)(NCCCOCCCl)C1CC1. The van der Waals surface area contributed by atoms with E-state index in [9.17, 15) is 8.42 Å². The van der Waals surface area contributed by atoms with Crippen molar-refractivity contribution in [1.82, 2.24) is 4.72 Å². The molecule has 84 valence electrons. The van der Waals surface area contributed by atoms with Gasteiger partial charge in [0.1, 0.15) is 0 Å². The highest BCUT2D eigenvalue weighted by atomic mass is 35.5. The van der Waals surface area contributed by atoms with Crippen LogP contribution in [0, 0.1) is 0 Å². The van der Waals surface area contributed by atoms with Crippen LogP contribution in [0.1, 0.15) is 19.3 Å². The number of halogens is 1. The topological polar surface area (TPSA) is 55.4 Å². The molecule has 0 unspecified atom stereocenters. The molecule has 1 aliphatic carbocycles. The lowest BCUT2D eigenvalue weighted by Crippen LogP contribution is -2.28. The van der Waals surface area contributed by atoms with Gasteiger partial charge in [-0.1, -0.05) is 0 Å². The lowest BCUT2D eigenvalue weighted by atomic mass is 10.5. The smallest absolute Gasteiger partial charge is 0.214 e. The van der Waals surface area contributed by atoms with Gasteiger partial charge in [-0.3, -0.25) is 0 Å². The minimum Gasteiger partial charge on any atom is -0.380 e. The van der Waals surface area contributed by atoms with Gasteiger partial charge in [0.25, 0.3) is 0 Å². The summed E-state index contributed by atoms with van der Waals surface area (Å²) in [4.78, 5) is 0. The molecule has 4 nitrogen and oxygen atoms in total. The van der Waals surface area contributed by atoms with E-state index in [0.717, 1.165) is 12.8 Å². The normalized spacial score (nSPS) is 17.2. The molecule has 0 bridgehead atoms. The van der Waals surface area contributed by atoms with Crippen LogP contribution in [-0.4, -0.2) is 39.3 Å². The van der Waals surface area contributed by atoms with Crippen molar-refractivity contribution in [1.29, 1.82) is 0 Å². The third-order valence-corrected chi connectivity index (χ3v) is 4.06. The van der Waals surface area contributed by atoms with E-state index in [1.807, 2.05) is 0 Å². The highest BCUT2D eigenvalue weighted by Gasteiger charge is 2.34. The lowest BCUT2D eigenvalue weighted by molar-refractivity contribution is 0.147. The molecule has 1 fully saturated rings. The average molecular weight is 242 g/mol. The number of hydrogen-bond acceptors (Lipinski definition) is 3. The van der Waals surface area contributed by atoms with Crippen molar-refractivity contribution < 1.29 is 13.2 Å². The van der Waals surface area contributed by atoms with E-state index in [2.05, 4.69) is 4.72 Å². The van der Waals surface area contributed by atoms with Gasteiger partial charge in [-0.15, -0.1) is 11.6 Å². The molecule has 1 saturated carbocycles. The van der Waals surface area contributed by atoms with Crippen LogP contribution in [0.3, 0.4) is 0 Å². The van der Waals surface area contributed by atoms with Gasteiger partial charge >= 0.3 is 0 Å². The molecule has 0 radical (unpaired) electrons. The summed E-state index contributed by atoms with van der Waals surface area (Å²) < 4.78 is 30.3. The van der Waals surface area contributed by atoms with Crippen LogP contribution in [0.2, 0.25) is 0 Å². The van der Waals surface area contributed by atoms with Gasteiger partial charge in [-0.2, -0.15) is 0 Å². The van der Waals surface area contributed by atoms with E-state index >= 15 is 0 Å². The van der Waals surface area contributed by atoms with Gasteiger partial charge in [0, 0.05) is 19.0 Å². The van der Waals surface area contributed by atoms with E-state index in [1.165, 1.54) is 0 Å². The monoisotopic (exact) mass is 241 g/mol. The molecule has 6 heteroatoms. The van der Waals surface area contributed by atoms with Crippen LogP contribution in [0.25, 0.3) is 0 Å². The predicted molar refractivity (Wildman–Crippen MR) is 56.1 cm³/mol. The average Bonchev–Trinajstić information content (AvgIpc) is 2.94. The molecule has 1 aliphatic rings. The number of alkyl halides is 1. The van der Waals surface area contributed by atoms with Crippen LogP contribution >= 0.6 is 11.6 Å². The zero-order chi connectivity index (χ0) is 10.4. The Balaban J connectivity index is 1.98. The Morgan fingerprint density at radius 2 is 2.07 bits per heavy atom. The first-order valence-electron chi connectivity index (χ1n) is 4.79. The van der Waals surface area contributed by atoms with E-state index in [4.69, 9.17) is 16.3 Å². The Kier molecular flexibility index (Phi) is 5.15. The molecular weight excluding hydrogens is 226 g/mol. The molecule has 0 heterocycles. The lowest BCUT2D eigenvalue weighted by Gasteiger charge is -2.05. The molecule has 0 aliphatic heterocycles. The largest absolute Gasteiger partial charge is 0.380 e. The quantitative estimate of drug-likeness (QED) is 0.503. The van der Waals surface area contributed by atoms with Crippen molar-refractivity contribution >= 4 is 21.6 Å². The van der Waals surface area contributed by atoms with E-state index < -0.39 is 10.0 Å². The number of sulfonamides is 1. The van der Waals surface area contributed by atoms with Crippen molar-refractivity contribution in [2.45, 2.75) is 24.5 Å². The molecule has 0 aromatic rings. The fourth-order valence-electron chi connectivity index (χ4n) is 1.04. The maximum absolute atomic E-state index is 11.3. The molecule has 14 heavy (non-hydrogen) atoms. The Bertz CT molecular complexity index is 251. The second kappa shape index (κ2) is 5.90. The molecule has 0 saturated heterocycles. The van der Waals surface area contributed by atoms with Gasteiger partial charge in [0.05, 0.1) is 11.9 Å². The van der Waals surface area contributed by atoms with Gasteiger partial charge in [-0.05, 0) is 19.3 Å². The van der Waals surface area contributed by atoms with Crippen molar-refractivity contribution in [3.05, 3.63) is 0 Å². The summed E-state index contributed by atoms with van der Waals surface area (Å²) in [5.74, 6) is 0.480. The molecule has 1 rings (SSSR count). The summed E-state index contributed by atoms with van der Waals surface area (Å²) in [6, 6.07) is 0. The Morgan fingerprint density at radius 3 is 2.64 bits per heavy atom. The third kappa shape index (κ3) is 4.59. The Morgan fingerprint density at radius 1 is 1.36 bits per heavy atom. The van der Waals surface area contributed by atoms with Crippen molar-refractivity contribution in [3.63, 3.8) is 0 Å². The fraction of sp³-hybridized carbons (Fsp3) is 1.00. The summed E-state index contributed by atoms with van der Waals surface area (Å²) in [5.41, 5.74) is 0. The van der Waals surface area contributed by atoms with Crippen LogP contribution in [-0.2, 0) is 14.8 Å². The van der Waals surface area contributed by atoms with E-state index in [-0.39, 0.29) is 5.25 Å². The third-order valence-electron chi connectivity index (χ3n) is 1.95. The number of hydrogen-bond donors (Lipinski definition) is 1. The summed E-state index contributed by atoms with van der Waals surface area (Å²) in [5, 5.41) is -0.133. The highest BCUT2D eigenvalue weighted by molar-refractivity contribution is 7.90. The molecule has 0 aromatic carbocycles. The van der Waals surface area contributed by atoms with Gasteiger partial charge < -0.3 is 4.74 Å². The molecular formula is C8H16ClNO3S. The summed E-state index contributed by atoms with van der Waals surface area (Å²) in [6.45, 7) is 1.54. The first kappa shape index (κ1) is 12.2. The zero-order valence-electron chi connectivity index (χ0n) is 8.04. The molecule has 1 N–H and O–H groups in total. The van der Waals surface area contributed by atoms with Gasteiger partial charge in [-0.25, -0.2) is 13.1 Å². The first-order valence-corrected chi connectivity index (χ1v) is 6.87. The second-order valence-corrected chi connectivity index (χ2v) is 5.72. The minimum atomic E-state index is -3.01. The van der Waals surface area contributed by atoms with Crippen LogP contribution in [0.4, 0.5) is 0 Å². The summed E-state index contributed by atoms with van der Waals surface area (Å²) >= 11 is 5.40. The predicted octanol–water partition coefficient (Wildman–Crippen LogP) is 0.714. The maximum atomic E-state index is 11.3. The number of rotatable bonds is 8. The number of nitrogens with one attached hydrogen (secondary N) is 1. The highest BCUT2D eigenvalue weighted by Crippen LogP contribution is 2.27. The Hall–Kier alpha value is 0.160. The van der Waals surface area contributed by atoms with Crippen LogP contribution < -0.4 is 4.72 Å². The summed E-state index contributed by atoms with van der Waals surface area (Å²) in [7, 11) is -3.01. The number of ether oxygens (including phenoxy) is 1.